The average molecular weight is 405 g/mol. The fraction of sp³-hybridized carbons (Fsp3) is 0.421. The molecule has 0 aliphatic carbocycles. The van der Waals surface area contributed by atoms with Crippen molar-refractivity contribution in [2.45, 2.75) is 39.0 Å². The Morgan fingerprint density at radius 3 is 3.04 bits per heavy atom. The van der Waals surface area contributed by atoms with Gasteiger partial charge in [-0.05, 0) is 19.1 Å². The highest BCUT2D eigenvalue weighted by Crippen LogP contribution is 2.29. The highest BCUT2D eigenvalue weighted by molar-refractivity contribution is 7.15. The second-order valence-corrected chi connectivity index (χ2v) is 7.93. The normalized spacial score (nSPS) is 20.0. The van der Waals surface area contributed by atoms with Gasteiger partial charge in [-0.25, -0.2) is 0 Å². The number of hydrogen-bond donors (Lipinski definition) is 2. The Labute approximate surface area is 167 Å². The standard InChI is InChI=1S/C19H24FN5O2S/c1-11-6-15(27-14-5-4-13(8-22-3)16(21)7-14)9-25(11)10-17-18(20)24-19(28-17)23-12(2)26/h4-5,7-8,11,15H,6,9-10,21H2,1-3H3,(H,23,24,26). The van der Waals surface area contributed by atoms with Crippen LogP contribution in [0.5, 0.6) is 5.75 Å². The summed E-state index contributed by atoms with van der Waals surface area (Å²) < 4.78 is 20.2. The number of nitrogens with two attached hydrogens (primary N) is 1. The molecule has 2 unspecified atom stereocenters. The summed E-state index contributed by atoms with van der Waals surface area (Å²) in [5, 5.41) is 2.81. The number of ether oxygens (including phenoxy) is 1. The average Bonchev–Trinajstić information content (AvgIpc) is 3.12. The molecule has 1 aliphatic rings. The van der Waals surface area contributed by atoms with Crippen molar-refractivity contribution in [1.82, 2.24) is 9.88 Å². The highest BCUT2D eigenvalue weighted by Gasteiger charge is 2.31. The van der Waals surface area contributed by atoms with Gasteiger partial charge in [-0.2, -0.15) is 9.37 Å². The second-order valence-electron chi connectivity index (χ2n) is 6.85. The number of thiazole rings is 1. The Kier molecular flexibility index (Phi) is 6.25. The zero-order valence-corrected chi connectivity index (χ0v) is 16.9. The first-order chi connectivity index (χ1) is 13.4. The number of halogens is 1. The zero-order valence-electron chi connectivity index (χ0n) is 16.1. The van der Waals surface area contributed by atoms with Crippen LogP contribution in [0.4, 0.5) is 15.2 Å². The lowest BCUT2D eigenvalue weighted by Gasteiger charge is -2.19. The number of aromatic nitrogens is 1. The van der Waals surface area contributed by atoms with Gasteiger partial charge in [-0.15, -0.1) is 0 Å². The van der Waals surface area contributed by atoms with Gasteiger partial charge >= 0.3 is 0 Å². The number of likely N-dealkylation sites (tertiary alicyclic amines) is 1. The number of amides is 1. The third kappa shape index (κ3) is 4.85. The van der Waals surface area contributed by atoms with Crippen molar-refractivity contribution < 1.29 is 13.9 Å². The number of benzene rings is 1. The number of hydrogen-bond acceptors (Lipinski definition) is 7. The molecule has 1 saturated heterocycles. The topological polar surface area (TPSA) is 92.8 Å². The Hall–Kier alpha value is -2.52. The number of aliphatic imine (C=N–C) groups is 1. The van der Waals surface area contributed by atoms with Crippen LogP contribution >= 0.6 is 11.3 Å². The summed E-state index contributed by atoms with van der Waals surface area (Å²) in [5.41, 5.74) is 7.50. The number of nitrogens with zero attached hydrogens (tertiary/aromatic N) is 3. The van der Waals surface area contributed by atoms with Crippen LogP contribution in [0, 0.1) is 5.95 Å². The summed E-state index contributed by atoms with van der Waals surface area (Å²) in [6, 6.07) is 5.79. The molecule has 150 valence electrons. The van der Waals surface area contributed by atoms with Crippen molar-refractivity contribution in [3.8, 4) is 5.75 Å². The van der Waals surface area contributed by atoms with E-state index in [4.69, 9.17) is 10.5 Å². The Morgan fingerprint density at radius 2 is 2.36 bits per heavy atom. The lowest BCUT2D eigenvalue weighted by atomic mass is 10.2. The monoisotopic (exact) mass is 405 g/mol. The minimum absolute atomic E-state index is 0.00844. The van der Waals surface area contributed by atoms with E-state index in [9.17, 15) is 9.18 Å². The first kappa shape index (κ1) is 20.2. The van der Waals surface area contributed by atoms with Gasteiger partial charge in [-0.3, -0.25) is 14.7 Å². The van der Waals surface area contributed by atoms with Crippen LogP contribution in [0.15, 0.2) is 23.2 Å². The van der Waals surface area contributed by atoms with Gasteiger partial charge in [0.2, 0.25) is 11.9 Å². The first-order valence-electron chi connectivity index (χ1n) is 9.01. The number of anilines is 2. The van der Waals surface area contributed by atoms with Crippen LogP contribution in [-0.4, -0.2) is 47.7 Å². The van der Waals surface area contributed by atoms with E-state index in [-0.39, 0.29) is 23.2 Å². The lowest BCUT2D eigenvalue weighted by Crippen LogP contribution is -2.28. The molecule has 2 aromatic rings. The smallest absolute Gasteiger partial charge is 0.230 e. The van der Waals surface area contributed by atoms with Gasteiger partial charge in [0.1, 0.15) is 11.9 Å². The molecule has 9 heteroatoms. The molecule has 1 amide bonds. The molecule has 2 heterocycles. The molecule has 0 bridgehead atoms. The molecule has 1 aliphatic heterocycles. The van der Waals surface area contributed by atoms with Crippen LogP contribution in [0.2, 0.25) is 0 Å². The minimum atomic E-state index is -0.536. The summed E-state index contributed by atoms with van der Waals surface area (Å²) in [6.45, 7) is 4.56. The Morgan fingerprint density at radius 1 is 1.57 bits per heavy atom. The number of carbonyl (C=O) groups is 1. The van der Waals surface area contributed by atoms with Crippen LogP contribution in [-0.2, 0) is 11.3 Å². The predicted molar refractivity (Wildman–Crippen MR) is 110 cm³/mol. The van der Waals surface area contributed by atoms with Crippen molar-refractivity contribution in [2.24, 2.45) is 4.99 Å². The number of rotatable bonds is 6. The molecule has 1 aromatic heterocycles. The molecular weight excluding hydrogens is 381 g/mol. The Bertz CT molecular complexity index is 885. The van der Waals surface area contributed by atoms with Crippen LogP contribution < -0.4 is 15.8 Å². The van der Waals surface area contributed by atoms with E-state index in [1.807, 2.05) is 12.1 Å². The van der Waals surface area contributed by atoms with E-state index >= 15 is 0 Å². The molecule has 28 heavy (non-hydrogen) atoms. The Balaban J connectivity index is 1.62. The maximum atomic E-state index is 14.1. The number of nitrogen functional groups attached to an aromatic ring is 1. The van der Waals surface area contributed by atoms with Crippen molar-refractivity contribution in [3.05, 3.63) is 34.6 Å². The fourth-order valence-electron chi connectivity index (χ4n) is 3.25. The molecular formula is C19H24FN5O2S. The van der Waals surface area contributed by atoms with Gasteiger partial charge in [0.15, 0.2) is 5.13 Å². The third-order valence-electron chi connectivity index (χ3n) is 4.57. The summed E-state index contributed by atoms with van der Waals surface area (Å²) in [6.07, 6.45) is 2.53. The van der Waals surface area contributed by atoms with Crippen molar-refractivity contribution in [3.63, 3.8) is 0 Å². The molecule has 2 atom stereocenters. The molecule has 3 rings (SSSR count). The minimum Gasteiger partial charge on any atom is -0.489 e. The van der Waals surface area contributed by atoms with E-state index < -0.39 is 5.95 Å². The number of nitrogens with one attached hydrogen (secondary N) is 1. The van der Waals surface area contributed by atoms with Gasteiger partial charge in [0, 0.05) is 63.1 Å². The number of carbonyl (C=O) groups excluding carboxylic acids is 1. The van der Waals surface area contributed by atoms with E-state index in [0.29, 0.717) is 29.4 Å². The maximum Gasteiger partial charge on any atom is 0.230 e. The van der Waals surface area contributed by atoms with Crippen molar-refractivity contribution in [1.29, 1.82) is 0 Å². The second kappa shape index (κ2) is 8.66. The predicted octanol–water partition coefficient (Wildman–Crippen LogP) is 2.91. The quantitative estimate of drug-likeness (QED) is 0.569. The molecule has 7 nitrogen and oxygen atoms in total. The lowest BCUT2D eigenvalue weighted by molar-refractivity contribution is -0.114. The molecule has 0 saturated carbocycles. The van der Waals surface area contributed by atoms with Gasteiger partial charge < -0.3 is 15.8 Å². The molecule has 0 spiro atoms. The summed E-state index contributed by atoms with van der Waals surface area (Å²) in [4.78, 5) is 21.5. The van der Waals surface area contributed by atoms with Crippen LogP contribution in [0.1, 0.15) is 30.7 Å². The largest absolute Gasteiger partial charge is 0.489 e. The molecule has 1 fully saturated rings. The third-order valence-corrected chi connectivity index (χ3v) is 5.50. The summed E-state index contributed by atoms with van der Waals surface area (Å²) in [7, 11) is 1.70. The summed E-state index contributed by atoms with van der Waals surface area (Å²) in [5.74, 6) is -0.0909. The van der Waals surface area contributed by atoms with E-state index in [2.05, 4.69) is 27.1 Å². The fourth-order valence-corrected chi connectivity index (χ4v) is 4.16. The molecule has 1 aromatic carbocycles. The van der Waals surface area contributed by atoms with Crippen molar-refractivity contribution >= 4 is 34.3 Å². The highest BCUT2D eigenvalue weighted by atomic mass is 32.1. The van der Waals surface area contributed by atoms with E-state index in [1.165, 1.54) is 6.92 Å². The first-order valence-corrected chi connectivity index (χ1v) is 9.82. The maximum absolute atomic E-state index is 14.1. The van der Waals surface area contributed by atoms with Gasteiger partial charge in [0.25, 0.3) is 0 Å². The van der Waals surface area contributed by atoms with Gasteiger partial charge in [0.05, 0.1) is 4.88 Å². The SMILES string of the molecule is CN=Cc1ccc(OC2CC(C)N(Cc3sc(NC(C)=O)nc3F)C2)cc1N. The molecule has 0 radical (unpaired) electrons. The molecule has 3 N–H and O–H groups in total. The zero-order chi connectivity index (χ0) is 20.3. The van der Waals surface area contributed by atoms with E-state index in [1.54, 1.807) is 19.3 Å². The van der Waals surface area contributed by atoms with Gasteiger partial charge in [-0.1, -0.05) is 11.3 Å². The van der Waals surface area contributed by atoms with Crippen molar-refractivity contribution in [2.75, 3.05) is 24.6 Å². The van der Waals surface area contributed by atoms with E-state index in [0.717, 1.165) is 23.3 Å². The summed E-state index contributed by atoms with van der Waals surface area (Å²) >= 11 is 1.16. The van der Waals surface area contributed by atoms with Crippen LogP contribution in [0.25, 0.3) is 0 Å². The van der Waals surface area contributed by atoms with Crippen LogP contribution in [0.3, 0.4) is 0 Å².